The minimum Gasteiger partial charge on any atom is -0.368 e. The third kappa shape index (κ3) is 5.23. The summed E-state index contributed by atoms with van der Waals surface area (Å²) < 4.78 is 5.49. The average Bonchev–Trinajstić information content (AvgIpc) is 2.28. The second-order valence-electron chi connectivity index (χ2n) is 5.42. The molecule has 1 aliphatic rings. The van der Waals surface area contributed by atoms with Crippen LogP contribution in [0.1, 0.15) is 33.1 Å². The lowest BCUT2D eigenvalue weighted by atomic mass is 9.93. The predicted molar refractivity (Wildman–Crippen MR) is 71.3 cm³/mol. The van der Waals surface area contributed by atoms with Gasteiger partial charge in [-0.05, 0) is 31.2 Å². The zero-order valence-electron chi connectivity index (χ0n) is 11.1. The molecule has 0 aliphatic carbocycles. The van der Waals surface area contributed by atoms with E-state index in [0.717, 1.165) is 19.3 Å². The summed E-state index contributed by atoms with van der Waals surface area (Å²) in [6.07, 6.45) is 2.78. The van der Waals surface area contributed by atoms with Gasteiger partial charge in [-0.1, -0.05) is 13.8 Å². The highest BCUT2D eigenvalue weighted by atomic mass is 35.5. The molecule has 1 unspecified atom stereocenters. The molecule has 1 aliphatic heterocycles. The molecule has 1 saturated heterocycles. The molecule has 0 radical (unpaired) electrons. The molecule has 0 aromatic rings. The highest BCUT2D eigenvalue weighted by molar-refractivity contribution is 5.85. The van der Waals surface area contributed by atoms with Gasteiger partial charge in [0.25, 0.3) is 5.91 Å². The van der Waals surface area contributed by atoms with Gasteiger partial charge in [-0.15, -0.1) is 12.4 Å². The van der Waals surface area contributed by atoms with Crippen molar-refractivity contribution in [1.29, 1.82) is 0 Å². The molecule has 0 spiro atoms. The normalized spacial score (nSPS) is 20.6. The van der Waals surface area contributed by atoms with Crippen LogP contribution in [0, 0.1) is 5.41 Å². The Hall–Kier alpha value is -0.320. The van der Waals surface area contributed by atoms with Gasteiger partial charge in [0.2, 0.25) is 0 Å². The van der Waals surface area contributed by atoms with Crippen molar-refractivity contribution in [2.24, 2.45) is 11.1 Å². The Morgan fingerprint density at radius 2 is 2.12 bits per heavy atom. The first-order chi connectivity index (χ1) is 7.46. The number of carbonyl (C=O) groups excluding carboxylic acids is 1. The zero-order valence-corrected chi connectivity index (χ0v) is 11.9. The summed E-state index contributed by atoms with van der Waals surface area (Å²) in [5.41, 5.74) is 5.64. The molecular formula is C12H25ClN2O2. The highest BCUT2D eigenvalue weighted by Gasteiger charge is 2.28. The van der Waals surface area contributed by atoms with Crippen LogP contribution >= 0.6 is 12.4 Å². The van der Waals surface area contributed by atoms with Crippen LogP contribution in [0.2, 0.25) is 0 Å². The molecule has 1 rings (SSSR count). The second kappa shape index (κ2) is 7.19. The van der Waals surface area contributed by atoms with E-state index >= 15 is 0 Å². The smallest absolute Gasteiger partial charge is 0.251 e. The van der Waals surface area contributed by atoms with Crippen molar-refractivity contribution in [2.75, 3.05) is 26.7 Å². The average molecular weight is 265 g/mol. The number of carbonyl (C=O) groups is 1. The molecule has 0 bridgehead atoms. The molecule has 0 saturated carbocycles. The van der Waals surface area contributed by atoms with Gasteiger partial charge in [-0.2, -0.15) is 0 Å². The van der Waals surface area contributed by atoms with Crippen molar-refractivity contribution in [3.63, 3.8) is 0 Å². The molecule has 0 aromatic heterocycles. The summed E-state index contributed by atoms with van der Waals surface area (Å²) >= 11 is 0. The second-order valence-corrected chi connectivity index (χ2v) is 5.42. The minimum absolute atomic E-state index is 0. The molecule has 17 heavy (non-hydrogen) atoms. The number of rotatable bonds is 4. The van der Waals surface area contributed by atoms with Crippen molar-refractivity contribution in [3.8, 4) is 0 Å². The third-order valence-corrected chi connectivity index (χ3v) is 3.05. The predicted octanol–water partition coefficient (Wildman–Crippen LogP) is 1.42. The molecule has 2 N–H and O–H groups in total. The van der Waals surface area contributed by atoms with Gasteiger partial charge in [-0.3, -0.25) is 4.79 Å². The number of ether oxygens (including phenoxy) is 1. The number of nitrogens with zero attached hydrogens (tertiary/aromatic N) is 1. The van der Waals surface area contributed by atoms with Crippen LogP contribution in [0.15, 0.2) is 0 Å². The zero-order chi connectivity index (χ0) is 12.2. The molecule has 1 amide bonds. The van der Waals surface area contributed by atoms with Crippen LogP contribution in [0.3, 0.4) is 0 Å². The summed E-state index contributed by atoms with van der Waals surface area (Å²) in [6, 6.07) is 0. The number of likely N-dealkylation sites (N-methyl/N-ethyl adjacent to an activating group) is 1. The summed E-state index contributed by atoms with van der Waals surface area (Å²) in [4.78, 5) is 13.8. The lowest BCUT2D eigenvalue weighted by Gasteiger charge is -2.32. The van der Waals surface area contributed by atoms with Crippen LogP contribution in [-0.4, -0.2) is 43.7 Å². The molecule has 0 aromatic carbocycles. The quantitative estimate of drug-likeness (QED) is 0.836. The van der Waals surface area contributed by atoms with E-state index in [1.807, 2.05) is 7.05 Å². The van der Waals surface area contributed by atoms with Crippen LogP contribution in [0.4, 0.5) is 0 Å². The minimum atomic E-state index is -0.229. The Morgan fingerprint density at radius 1 is 1.47 bits per heavy atom. The lowest BCUT2D eigenvalue weighted by molar-refractivity contribution is -0.146. The van der Waals surface area contributed by atoms with E-state index in [1.54, 1.807) is 4.90 Å². The first kappa shape index (κ1) is 16.7. The number of hydrogen-bond donors (Lipinski definition) is 1. The SMILES string of the molecule is CN(CC(C)(C)CN)C(=O)C1CCCCO1.Cl. The summed E-state index contributed by atoms with van der Waals surface area (Å²) in [6.45, 7) is 6.11. The first-order valence-electron chi connectivity index (χ1n) is 6.03. The van der Waals surface area contributed by atoms with Crippen LogP contribution in [0.25, 0.3) is 0 Å². The van der Waals surface area contributed by atoms with Crippen molar-refractivity contribution in [1.82, 2.24) is 4.90 Å². The van der Waals surface area contributed by atoms with E-state index in [4.69, 9.17) is 10.5 Å². The van der Waals surface area contributed by atoms with Crippen LogP contribution < -0.4 is 5.73 Å². The van der Waals surface area contributed by atoms with E-state index in [1.165, 1.54) is 0 Å². The van der Waals surface area contributed by atoms with Gasteiger partial charge < -0.3 is 15.4 Å². The number of halogens is 1. The van der Waals surface area contributed by atoms with Gasteiger partial charge in [0.05, 0.1) is 0 Å². The van der Waals surface area contributed by atoms with Gasteiger partial charge >= 0.3 is 0 Å². The van der Waals surface area contributed by atoms with E-state index in [0.29, 0.717) is 19.7 Å². The topological polar surface area (TPSA) is 55.6 Å². The molecule has 102 valence electrons. The van der Waals surface area contributed by atoms with Gasteiger partial charge in [0.1, 0.15) is 6.10 Å². The van der Waals surface area contributed by atoms with E-state index in [-0.39, 0.29) is 29.8 Å². The fourth-order valence-corrected chi connectivity index (χ4v) is 1.97. The number of amides is 1. The molecular weight excluding hydrogens is 240 g/mol. The fourth-order valence-electron chi connectivity index (χ4n) is 1.97. The molecule has 1 atom stereocenters. The fraction of sp³-hybridized carbons (Fsp3) is 0.917. The van der Waals surface area contributed by atoms with Gasteiger partial charge in [0, 0.05) is 20.2 Å². The lowest BCUT2D eigenvalue weighted by Crippen LogP contribution is -2.45. The Morgan fingerprint density at radius 3 is 2.59 bits per heavy atom. The Bertz CT molecular complexity index is 241. The van der Waals surface area contributed by atoms with Crippen molar-refractivity contribution in [2.45, 2.75) is 39.2 Å². The molecule has 1 heterocycles. The van der Waals surface area contributed by atoms with Crippen molar-refractivity contribution in [3.05, 3.63) is 0 Å². The van der Waals surface area contributed by atoms with Gasteiger partial charge in [0.15, 0.2) is 0 Å². The summed E-state index contributed by atoms with van der Waals surface area (Å²) in [7, 11) is 1.83. The maximum Gasteiger partial charge on any atom is 0.251 e. The van der Waals surface area contributed by atoms with Crippen LogP contribution in [-0.2, 0) is 9.53 Å². The Labute approximate surface area is 110 Å². The molecule has 1 fully saturated rings. The van der Waals surface area contributed by atoms with Crippen LogP contribution in [0.5, 0.6) is 0 Å². The van der Waals surface area contributed by atoms with Crippen molar-refractivity contribution >= 4 is 18.3 Å². The number of hydrogen-bond acceptors (Lipinski definition) is 3. The largest absolute Gasteiger partial charge is 0.368 e. The van der Waals surface area contributed by atoms with Gasteiger partial charge in [-0.25, -0.2) is 0 Å². The van der Waals surface area contributed by atoms with E-state index in [9.17, 15) is 4.79 Å². The summed E-state index contributed by atoms with van der Waals surface area (Å²) in [5.74, 6) is 0.0984. The Kier molecular flexibility index (Phi) is 7.05. The maximum atomic E-state index is 12.1. The monoisotopic (exact) mass is 264 g/mol. The maximum absolute atomic E-state index is 12.1. The van der Waals surface area contributed by atoms with E-state index in [2.05, 4.69) is 13.8 Å². The molecule has 5 heteroatoms. The molecule has 4 nitrogen and oxygen atoms in total. The third-order valence-electron chi connectivity index (χ3n) is 3.05. The highest BCUT2D eigenvalue weighted by Crippen LogP contribution is 2.18. The standard InChI is InChI=1S/C12H24N2O2.ClH/c1-12(2,8-13)9-14(3)11(15)10-6-4-5-7-16-10;/h10H,4-9,13H2,1-3H3;1H. The summed E-state index contributed by atoms with van der Waals surface area (Å²) in [5, 5.41) is 0. The van der Waals surface area contributed by atoms with E-state index < -0.39 is 0 Å². The number of nitrogens with two attached hydrogens (primary N) is 1. The first-order valence-corrected chi connectivity index (χ1v) is 6.03. The van der Waals surface area contributed by atoms with Crippen molar-refractivity contribution < 1.29 is 9.53 Å². The Balaban J connectivity index is 0.00000256.